The van der Waals surface area contributed by atoms with Crippen LogP contribution in [0, 0.1) is 0 Å². The van der Waals surface area contributed by atoms with E-state index in [0.717, 1.165) is 44.5 Å². The van der Waals surface area contributed by atoms with Gasteiger partial charge in [-0.25, -0.2) is 0 Å². The number of azide groups is 4. The molecule has 64 heavy (non-hydrogen) atoms. The minimum atomic E-state index is -0.528. The quantitative estimate of drug-likeness (QED) is 0.0466. The van der Waals surface area contributed by atoms with Crippen LogP contribution in [-0.4, -0.2) is 83.1 Å². The normalized spacial score (nSPS) is 16.0. The number of hydrogen-bond donors (Lipinski definition) is 0. The third-order valence-electron chi connectivity index (χ3n) is 11.7. The van der Waals surface area contributed by atoms with Crippen molar-refractivity contribution in [3.05, 3.63) is 135 Å². The molecule has 0 spiro atoms. The molecule has 4 aromatic rings. The Bertz CT molecular complexity index is 2040. The van der Waals surface area contributed by atoms with Crippen LogP contribution < -0.4 is 37.9 Å². The topological polar surface area (TPSA) is 269 Å². The van der Waals surface area contributed by atoms with E-state index in [0.29, 0.717) is 71.7 Å². The Kier molecular flexibility index (Phi) is 17.2. The van der Waals surface area contributed by atoms with Crippen molar-refractivity contribution in [1.82, 2.24) is 0 Å². The summed E-state index contributed by atoms with van der Waals surface area (Å²) >= 11 is 0. The SMILES string of the molecule is COc1cc(OC)c2cc1C(CCN=[N+]=[N-])c1cc(c(OC)cc1OC)C(CCN=[N+]=[N-])c1cc(c(OC)cc1OC)C(CCN=[N+]=[N-])c1cc(c(OC)cc1OC)C2CCN=[N+]=[N-]. The Balaban J connectivity index is 2.11. The van der Waals surface area contributed by atoms with Crippen LogP contribution in [0.3, 0.4) is 0 Å². The van der Waals surface area contributed by atoms with Gasteiger partial charge in [0.2, 0.25) is 0 Å². The summed E-state index contributed by atoms with van der Waals surface area (Å²) in [6, 6.07) is 15.3. The summed E-state index contributed by atoms with van der Waals surface area (Å²) in [5.41, 5.74) is 43.6. The van der Waals surface area contributed by atoms with Crippen molar-refractivity contribution in [3.8, 4) is 46.0 Å². The van der Waals surface area contributed by atoms with E-state index in [-0.39, 0.29) is 26.2 Å². The molecule has 0 atom stereocenters. The van der Waals surface area contributed by atoms with Crippen LogP contribution in [0.4, 0.5) is 0 Å². The van der Waals surface area contributed by atoms with Gasteiger partial charge in [0, 0.05) is 138 Å². The lowest BCUT2D eigenvalue weighted by Gasteiger charge is -2.31. The number of nitrogens with zero attached hydrogens (tertiary/aromatic N) is 12. The average Bonchev–Trinajstić information content (AvgIpc) is 3.33. The highest BCUT2D eigenvalue weighted by Crippen LogP contribution is 2.52. The molecular formula is C44H52N12O8. The maximum atomic E-state index is 9.47. The number of ether oxygens (including phenoxy) is 8. The van der Waals surface area contributed by atoms with Crippen LogP contribution in [0.1, 0.15) is 93.9 Å². The molecule has 1 aliphatic carbocycles. The maximum absolute atomic E-state index is 9.47. The van der Waals surface area contributed by atoms with Crippen LogP contribution in [-0.2, 0) is 0 Å². The number of methoxy groups -OCH3 is 8. The zero-order chi connectivity index (χ0) is 46.2. The average molecular weight is 877 g/mol. The Morgan fingerprint density at radius 2 is 0.469 bits per heavy atom. The Morgan fingerprint density at radius 1 is 0.312 bits per heavy atom. The minimum Gasteiger partial charge on any atom is -0.496 e. The zero-order valence-electron chi connectivity index (χ0n) is 37.2. The molecule has 0 fully saturated rings. The molecule has 0 saturated carbocycles. The lowest BCUT2D eigenvalue weighted by atomic mass is 9.77. The predicted octanol–water partition coefficient (Wildman–Crippen LogP) is 11.4. The smallest absolute Gasteiger partial charge is 0.126 e. The van der Waals surface area contributed by atoms with Gasteiger partial charge in [0.1, 0.15) is 46.0 Å². The van der Waals surface area contributed by atoms with Gasteiger partial charge in [0.05, 0.1) is 56.9 Å². The summed E-state index contributed by atoms with van der Waals surface area (Å²) < 4.78 is 48.9. The molecule has 0 amide bonds. The molecule has 0 saturated heterocycles. The molecule has 20 nitrogen and oxygen atoms in total. The van der Waals surface area contributed by atoms with E-state index >= 15 is 0 Å². The largest absolute Gasteiger partial charge is 0.496 e. The minimum absolute atomic E-state index is 0.111. The van der Waals surface area contributed by atoms with Crippen LogP contribution in [0.5, 0.6) is 46.0 Å². The number of rotatable bonds is 20. The van der Waals surface area contributed by atoms with Gasteiger partial charge in [-0.05, 0) is 72.1 Å². The first-order chi connectivity index (χ1) is 31.2. The highest BCUT2D eigenvalue weighted by atomic mass is 16.5. The standard InChI is InChI=1S/C44H52N12O8/c1-57-37-21-38(58-2)30-17-29(37)25(9-13-49-53-45)31-18-32(40(60-4)22-39(31)59-3)27(11-15-51-55-47)35-20-36(44(64-8)24-43(35)63-7)28(12-16-52-56-48)34-19-33(26(30)10-14-50-54-46)41(61-5)23-42(34)62-6/h17-28H,9-16H2,1-8H3. The molecule has 5 rings (SSSR count). The number of benzene rings is 4. The highest BCUT2D eigenvalue weighted by molar-refractivity contribution is 5.63. The summed E-state index contributed by atoms with van der Waals surface area (Å²) in [5.74, 6) is 1.80. The van der Waals surface area contributed by atoms with Crippen LogP contribution >= 0.6 is 0 Å². The van der Waals surface area contributed by atoms with Gasteiger partial charge in [0.25, 0.3) is 0 Å². The third kappa shape index (κ3) is 10.1. The lowest BCUT2D eigenvalue weighted by molar-refractivity contribution is 0.373. The summed E-state index contributed by atoms with van der Waals surface area (Å²) in [6.45, 7) is 0.442. The van der Waals surface area contributed by atoms with Crippen LogP contribution in [0.25, 0.3) is 41.8 Å². The van der Waals surface area contributed by atoms with E-state index in [2.05, 4.69) is 40.1 Å². The summed E-state index contributed by atoms with van der Waals surface area (Å²) in [4.78, 5) is 12.3. The molecule has 0 aromatic heterocycles. The first-order valence-corrected chi connectivity index (χ1v) is 20.3. The number of hydrogen-bond acceptors (Lipinski definition) is 12. The van der Waals surface area contributed by atoms with E-state index < -0.39 is 23.7 Å². The summed E-state index contributed by atoms with van der Waals surface area (Å²) in [5, 5.41) is 15.8. The molecule has 0 heterocycles. The molecule has 1 aliphatic rings. The van der Waals surface area contributed by atoms with Crippen molar-refractivity contribution in [2.24, 2.45) is 20.5 Å². The molecule has 0 unspecified atom stereocenters. The molecule has 20 heteroatoms. The van der Waals surface area contributed by atoms with E-state index in [4.69, 9.17) is 37.9 Å². The fourth-order valence-corrected chi connectivity index (χ4v) is 8.82. The lowest BCUT2D eigenvalue weighted by Crippen LogP contribution is -2.15. The maximum Gasteiger partial charge on any atom is 0.126 e. The first-order valence-electron chi connectivity index (χ1n) is 20.3. The molecule has 0 N–H and O–H groups in total. The van der Waals surface area contributed by atoms with Gasteiger partial charge >= 0.3 is 0 Å². The van der Waals surface area contributed by atoms with Gasteiger partial charge in [-0.1, -0.05) is 20.5 Å². The van der Waals surface area contributed by atoms with Gasteiger partial charge in [-0.3, -0.25) is 0 Å². The molecule has 4 aromatic carbocycles. The van der Waals surface area contributed by atoms with Crippen molar-refractivity contribution in [2.75, 3.05) is 83.1 Å². The van der Waals surface area contributed by atoms with Crippen molar-refractivity contribution >= 4 is 0 Å². The third-order valence-corrected chi connectivity index (χ3v) is 11.7. The van der Waals surface area contributed by atoms with E-state index in [9.17, 15) is 22.1 Å². The molecule has 0 radical (unpaired) electrons. The fraction of sp³-hybridized carbons (Fsp3) is 0.455. The highest BCUT2D eigenvalue weighted by Gasteiger charge is 2.34. The molecule has 336 valence electrons. The van der Waals surface area contributed by atoms with Crippen molar-refractivity contribution in [3.63, 3.8) is 0 Å². The Labute approximate surface area is 370 Å². The predicted molar refractivity (Wildman–Crippen MR) is 240 cm³/mol. The zero-order valence-corrected chi connectivity index (χ0v) is 37.2. The van der Waals surface area contributed by atoms with Crippen molar-refractivity contribution in [1.29, 1.82) is 0 Å². The second-order valence-corrected chi connectivity index (χ2v) is 14.5. The van der Waals surface area contributed by atoms with Crippen LogP contribution in [0.15, 0.2) is 69.0 Å². The monoisotopic (exact) mass is 876 g/mol. The van der Waals surface area contributed by atoms with Gasteiger partial charge < -0.3 is 37.9 Å². The first kappa shape index (κ1) is 47.6. The Morgan fingerprint density at radius 3 is 0.594 bits per heavy atom. The fourth-order valence-electron chi connectivity index (χ4n) is 8.82. The second-order valence-electron chi connectivity index (χ2n) is 14.5. The van der Waals surface area contributed by atoms with Crippen LogP contribution in [0.2, 0.25) is 0 Å². The number of fused-ring (bicyclic) bond motifs is 8. The van der Waals surface area contributed by atoms with E-state index in [1.807, 2.05) is 48.5 Å². The summed E-state index contributed by atoms with van der Waals surface area (Å²) in [6.07, 6.45) is 1.28. The van der Waals surface area contributed by atoms with Crippen molar-refractivity contribution < 1.29 is 37.9 Å². The van der Waals surface area contributed by atoms with E-state index in [1.54, 1.807) is 56.9 Å². The molecule has 8 bridgehead atoms. The summed E-state index contributed by atoms with van der Waals surface area (Å²) in [7, 11) is 12.5. The van der Waals surface area contributed by atoms with E-state index in [1.165, 1.54) is 0 Å². The molecular weight excluding hydrogens is 825 g/mol. The molecule has 0 aliphatic heterocycles. The van der Waals surface area contributed by atoms with Crippen molar-refractivity contribution in [2.45, 2.75) is 49.4 Å². The Hall–Kier alpha value is -7.48. The second kappa shape index (κ2) is 23.1. The van der Waals surface area contributed by atoms with Gasteiger partial charge in [0.15, 0.2) is 0 Å². The van der Waals surface area contributed by atoms with Gasteiger partial charge in [-0.15, -0.1) is 0 Å². The van der Waals surface area contributed by atoms with Gasteiger partial charge in [-0.2, -0.15) is 0 Å².